The highest BCUT2D eigenvalue weighted by molar-refractivity contribution is 5.75. The van der Waals surface area contributed by atoms with E-state index in [1.165, 1.54) is 0 Å². The van der Waals surface area contributed by atoms with E-state index in [1.54, 1.807) is 0 Å². The minimum absolute atomic E-state index is 0.140. The third-order valence-corrected chi connectivity index (χ3v) is 1.71. The van der Waals surface area contributed by atoms with Gasteiger partial charge in [-0.25, -0.2) is 0 Å². The number of carbonyl (C=O) groups excluding carboxylic acids is 1. The van der Waals surface area contributed by atoms with E-state index >= 15 is 0 Å². The van der Waals surface area contributed by atoms with E-state index in [1.807, 2.05) is 13.8 Å². The maximum atomic E-state index is 10.8. The number of hydrogen-bond donors (Lipinski definition) is 1. The Bertz CT molecular complexity index is 110. The number of rotatable bonds is 3. The van der Waals surface area contributed by atoms with E-state index in [2.05, 4.69) is 19.2 Å². The smallest absolute Gasteiger partial charge is 0.219 e. The molecular formula is C8H17NO. The number of nitrogens with one attached hydrogen (secondary N) is 1. The normalized spacial score (nSPS) is 13.3. The minimum Gasteiger partial charge on any atom is -0.353 e. The lowest BCUT2D eigenvalue weighted by molar-refractivity contribution is -0.121. The lowest BCUT2D eigenvalue weighted by atomic mass is 10.1. The quantitative estimate of drug-likeness (QED) is 0.638. The second kappa shape index (κ2) is 4.31. The van der Waals surface area contributed by atoms with Gasteiger partial charge in [0, 0.05) is 12.5 Å². The van der Waals surface area contributed by atoms with Crippen LogP contribution < -0.4 is 5.32 Å². The monoisotopic (exact) mass is 143 g/mol. The highest BCUT2D eigenvalue weighted by Crippen LogP contribution is 1.99. The van der Waals surface area contributed by atoms with Gasteiger partial charge in [0.15, 0.2) is 0 Å². The summed E-state index contributed by atoms with van der Waals surface area (Å²) in [7, 11) is 0. The van der Waals surface area contributed by atoms with Gasteiger partial charge in [-0.2, -0.15) is 0 Å². The topological polar surface area (TPSA) is 29.1 Å². The summed E-state index contributed by atoms with van der Waals surface area (Å²) in [6, 6.07) is 0.299. The standard InChI is InChI=1S/C8H17NO/c1-5-8(10)9-7(4)6(2)3/h6-7H,5H2,1-4H3,(H,9,10)/t7-/m0/s1. The van der Waals surface area contributed by atoms with E-state index in [9.17, 15) is 4.79 Å². The number of amides is 1. The van der Waals surface area contributed by atoms with Crippen LogP contribution in [0.2, 0.25) is 0 Å². The van der Waals surface area contributed by atoms with Crippen LogP contribution in [0, 0.1) is 5.92 Å². The molecule has 0 aromatic heterocycles. The van der Waals surface area contributed by atoms with Crippen molar-refractivity contribution in [2.24, 2.45) is 5.92 Å². The van der Waals surface area contributed by atoms with E-state index in [4.69, 9.17) is 0 Å². The molecule has 0 aromatic carbocycles. The molecule has 0 saturated heterocycles. The van der Waals surface area contributed by atoms with E-state index in [0.717, 1.165) is 0 Å². The van der Waals surface area contributed by atoms with Crippen LogP contribution in [0.25, 0.3) is 0 Å². The molecule has 0 aromatic rings. The molecule has 0 rings (SSSR count). The average molecular weight is 143 g/mol. The molecule has 10 heavy (non-hydrogen) atoms. The van der Waals surface area contributed by atoms with Gasteiger partial charge in [-0.15, -0.1) is 0 Å². The zero-order chi connectivity index (χ0) is 8.15. The molecule has 1 N–H and O–H groups in total. The molecule has 0 aliphatic heterocycles. The van der Waals surface area contributed by atoms with Crippen molar-refractivity contribution in [1.29, 1.82) is 0 Å². The van der Waals surface area contributed by atoms with E-state index < -0.39 is 0 Å². The zero-order valence-corrected chi connectivity index (χ0v) is 7.27. The highest BCUT2D eigenvalue weighted by Gasteiger charge is 2.07. The Kier molecular flexibility index (Phi) is 4.08. The summed E-state index contributed by atoms with van der Waals surface area (Å²) in [5.74, 6) is 0.664. The van der Waals surface area contributed by atoms with Crippen molar-refractivity contribution >= 4 is 5.91 Å². The van der Waals surface area contributed by atoms with Crippen LogP contribution >= 0.6 is 0 Å². The van der Waals surface area contributed by atoms with Crippen LogP contribution in [0.1, 0.15) is 34.1 Å². The Morgan fingerprint density at radius 2 is 1.90 bits per heavy atom. The SMILES string of the molecule is CCC(=O)N[C@@H](C)C(C)C. The highest BCUT2D eigenvalue weighted by atomic mass is 16.1. The molecule has 0 aliphatic carbocycles. The van der Waals surface area contributed by atoms with Crippen LogP contribution in [0.4, 0.5) is 0 Å². The third kappa shape index (κ3) is 3.49. The molecule has 0 unspecified atom stereocenters. The van der Waals surface area contributed by atoms with Gasteiger partial charge in [0.1, 0.15) is 0 Å². The zero-order valence-electron chi connectivity index (χ0n) is 7.27. The van der Waals surface area contributed by atoms with Gasteiger partial charge >= 0.3 is 0 Å². The molecule has 0 spiro atoms. The second-order valence-corrected chi connectivity index (χ2v) is 2.95. The lowest BCUT2D eigenvalue weighted by Gasteiger charge is -2.16. The first-order valence-corrected chi connectivity index (χ1v) is 3.87. The first-order valence-electron chi connectivity index (χ1n) is 3.87. The molecule has 0 bridgehead atoms. The first-order chi connectivity index (χ1) is 4.57. The fourth-order valence-electron chi connectivity index (χ4n) is 0.523. The molecule has 2 heteroatoms. The lowest BCUT2D eigenvalue weighted by Crippen LogP contribution is -2.35. The summed E-state index contributed by atoms with van der Waals surface area (Å²) >= 11 is 0. The van der Waals surface area contributed by atoms with E-state index in [-0.39, 0.29) is 5.91 Å². The van der Waals surface area contributed by atoms with Gasteiger partial charge in [-0.1, -0.05) is 20.8 Å². The van der Waals surface area contributed by atoms with Gasteiger partial charge in [0.25, 0.3) is 0 Å². The van der Waals surface area contributed by atoms with Crippen molar-refractivity contribution in [3.05, 3.63) is 0 Å². The van der Waals surface area contributed by atoms with Crippen molar-refractivity contribution < 1.29 is 4.79 Å². The van der Waals surface area contributed by atoms with Crippen molar-refractivity contribution in [3.8, 4) is 0 Å². The van der Waals surface area contributed by atoms with Gasteiger partial charge < -0.3 is 5.32 Å². The van der Waals surface area contributed by atoms with E-state index in [0.29, 0.717) is 18.4 Å². The summed E-state index contributed by atoms with van der Waals surface area (Å²) in [5.41, 5.74) is 0. The largest absolute Gasteiger partial charge is 0.353 e. The van der Waals surface area contributed by atoms with Gasteiger partial charge in [0.2, 0.25) is 5.91 Å². The van der Waals surface area contributed by atoms with Gasteiger partial charge in [-0.05, 0) is 12.8 Å². The maximum Gasteiger partial charge on any atom is 0.219 e. The molecule has 0 aliphatic rings. The maximum absolute atomic E-state index is 10.8. The summed E-state index contributed by atoms with van der Waals surface area (Å²) in [6.45, 7) is 8.09. The Morgan fingerprint density at radius 3 is 2.20 bits per heavy atom. The predicted molar refractivity (Wildman–Crippen MR) is 42.7 cm³/mol. The summed E-state index contributed by atoms with van der Waals surface area (Å²) < 4.78 is 0. The fourth-order valence-corrected chi connectivity index (χ4v) is 0.523. The molecule has 2 nitrogen and oxygen atoms in total. The van der Waals surface area contributed by atoms with Crippen molar-refractivity contribution in [2.75, 3.05) is 0 Å². The number of hydrogen-bond acceptors (Lipinski definition) is 1. The Morgan fingerprint density at radius 1 is 1.40 bits per heavy atom. The van der Waals surface area contributed by atoms with Crippen molar-refractivity contribution in [3.63, 3.8) is 0 Å². The fraction of sp³-hybridized carbons (Fsp3) is 0.875. The van der Waals surface area contributed by atoms with Crippen LogP contribution in [0.15, 0.2) is 0 Å². The van der Waals surface area contributed by atoms with Crippen molar-refractivity contribution in [1.82, 2.24) is 5.32 Å². The summed E-state index contributed by atoms with van der Waals surface area (Å²) in [4.78, 5) is 10.8. The molecular weight excluding hydrogens is 126 g/mol. The predicted octanol–water partition coefficient (Wildman–Crippen LogP) is 1.56. The van der Waals surface area contributed by atoms with Crippen LogP contribution in [0.3, 0.4) is 0 Å². The Labute approximate surface area is 63.0 Å². The Hall–Kier alpha value is -0.530. The van der Waals surface area contributed by atoms with Crippen molar-refractivity contribution in [2.45, 2.75) is 40.2 Å². The molecule has 0 heterocycles. The van der Waals surface area contributed by atoms with Gasteiger partial charge in [0.05, 0.1) is 0 Å². The van der Waals surface area contributed by atoms with Crippen LogP contribution in [-0.2, 0) is 4.79 Å². The average Bonchev–Trinajstić information content (AvgIpc) is 1.87. The van der Waals surface area contributed by atoms with Crippen LogP contribution in [-0.4, -0.2) is 11.9 Å². The Balaban J connectivity index is 3.57. The summed E-state index contributed by atoms with van der Waals surface area (Å²) in [6.07, 6.45) is 0.580. The van der Waals surface area contributed by atoms with Gasteiger partial charge in [-0.3, -0.25) is 4.79 Å². The molecule has 0 radical (unpaired) electrons. The molecule has 0 saturated carbocycles. The number of carbonyl (C=O) groups is 1. The molecule has 0 fully saturated rings. The molecule has 1 amide bonds. The second-order valence-electron chi connectivity index (χ2n) is 2.95. The van der Waals surface area contributed by atoms with Crippen LogP contribution in [0.5, 0.6) is 0 Å². The molecule has 60 valence electrons. The molecule has 1 atom stereocenters. The first kappa shape index (κ1) is 9.47. The minimum atomic E-state index is 0.140. The summed E-state index contributed by atoms with van der Waals surface area (Å²) in [5, 5.41) is 2.89. The third-order valence-electron chi connectivity index (χ3n) is 1.71.